The third-order valence-electron chi connectivity index (χ3n) is 10.3. The van der Waals surface area contributed by atoms with E-state index < -0.39 is 4.92 Å². The Hall–Kier alpha value is -7.66. The molecule has 0 fully saturated rings. The van der Waals surface area contributed by atoms with E-state index in [9.17, 15) is 10.1 Å². The maximum Gasteiger partial charge on any atom is 0.271 e. The van der Waals surface area contributed by atoms with E-state index in [1.54, 1.807) is 19.2 Å². The van der Waals surface area contributed by atoms with E-state index in [4.69, 9.17) is 4.74 Å². The van der Waals surface area contributed by atoms with Gasteiger partial charge in [-0.25, -0.2) is 0 Å². The van der Waals surface area contributed by atoms with Gasteiger partial charge >= 0.3 is 0 Å². The van der Waals surface area contributed by atoms with Crippen LogP contribution in [0.2, 0.25) is 0 Å². The molecule has 0 heterocycles. The number of anilines is 12. The first kappa shape index (κ1) is 40.5. The molecule has 0 bridgehead atoms. The normalized spacial score (nSPS) is 10.7. The molecule has 0 atom stereocenters. The zero-order chi connectivity index (χ0) is 42.3. The van der Waals surface area contributed by atoms with Gasteiger partial charge in [-0.2, -0.15) is 0 Å². The van der Waals surface area contributed by atoms with Gasteiger partial charge in [0, 0.05) is 69.0 Å². The van der Waals surface area contributed by atoms with Crippen molar-refractivity contribution in [3.63, 3.8) is 0 Å². The molecule has 0 aromatic heterocycles. The highest BCUT2D eigenvalue weighted by atomic mass is 16.6. The third kappa shape index (κ3) is 9.89. The second kappa shape index (κ2) is 17.9. The van der Waals surface area contributed by atoms with Crippen LogP contribution in [-0.4, -0.2) is 12.0 Å². The SMILES string of the molecule is COc1ccc(Nc2ccc(Nc3ccc(Nc4ccc(Nc5ccc(Nc6ccc(NNc7cccc([N+](=O)[O-])c7)cc6C)cc5C)cc4C)cc3C)cc2C)cc1C. The zero-order valence-electron chi connectivity index (χ0n) is 34.9. The summed E-state index contributed by atoms with van der Waals surface area (Å²) in [6, 6.07) is 43.8. The van der Waals surface area contributed by atoms with Crippen LogP contribution in [0, 0.1) is 51.7 Å². The first-order valence-corrected chi connectivity index (χ1v) is 19.7. The van der Waals surface area contributed by atoms with Gasteiger partial charge in [-0.05, 0) is 190 Å². The molecule has 7 aromatic rings. The van der Waals surface area contributed by atoms with Crippen molar-refractivity contribution < 1.29 is 9.66 Å². The van der Waals surface area contributed by atoms with Crippen LogP contribution < -0.4 is 42.2 Å². The number of hydrazine groups is 1. The molecule has 0 aliphatic heterocycles. The van der Waals surface area contributed by atoms with Crippen molar-refractivity contribution in [2.24, 2.45) is 0 Å². The molecular formula is C49H50N8O3. The quantitative estimate of drug-likeness (QED) is 0.0397. The van der Waals surface area contributed by atoms with Crippen LogP contribution in [0.5, 0.6) is 5.75 Å². The number of hydrogen-bond acceptors (Lipinski definition) is 10. The molecule has 0 spiro atoms. The monoisotopic (exact) mass is 798 g/mol. The topological polar surface area (TPSA) is 137 Å². The van der Waals surface area contributed by atoms with Crippen LogP contribution in [0.25, 0.3) is 0 Å². The van der Waals surface area contributed by atoms with E-state index in [0.29, 0.717) is 5.69 Å². The van der Waals surface area contributed by atoms with E-state index >= 15 is 0 Å². The van der Waals surface area contributed by atoms with Gasteiger partial charge in [0.2, 0.25) is 0 Å². The highest BCUT2D eigenvalue weighted by Crippen LogP contribution is 2.33. The van der Waals surface area contributed by atoms with Crippen LogP contribution in [-0.2, 0) is 0 Å². The Balaban J connectivity index is 0.928. The number of methoxy groups -OCH3 is 1. The van der Waals surface area contributed by atoms with Crippen LogP contribution in [0.3, 0.4) is 0 Å². The molecule has 60 heavy (non-hydrogen) atoms. The van der Waals surface area contributed by atoms with Gasteiger partial charge in [0.15, 0.2) is 0 Å². The second-order valence-corrected chi connectivity index (χ2v) is 15.0. The number of ether oxygens (including phenoxy) is 1. The lowest BCUT2D eigenvalue weighted by Crippen LogP contribution is -2.09. The summed E-state index contributed by atoms with van der Waals surface area (Å²) in [4.78, 5) is 10.7. The van der Waals surface area contributed by atoms with Crippen molar-refractivity contribution in [1.82, 2.24) is 0 Å². The smallest absolute Gasteiger partial charge is 0.271 e. The highest BCUT2D eigenvalue weighted by Gasteiger charge is 2.10. The fourth-order valence-electron chi connectivity index (χ4n) is 6.98. The van der Waals surface area contributed by atoms with Gasteiger partial charge in [-0.3, -0.25) is 10.1 Å². The molecular weight excluding hydrogens is 749 g/mol. The Bertz CT molecular complexity index is 2700. The first-order valence-electron chi connectivity index (χ1n) is 19.7. The summed E-state index contributed by atoms with van der Waals surface area (Å²) in [6.45, 7) is 12.5. The second-order valence-electron chi connectivity index (χ2n) is 15.0. The van der Waals surface area contributed by atoms with E-state index in [0.717, 1.165) is 102 Å². The number of aryl methyl sites for hydroxylation is 6. The third-order valence-corrected chi connectivity index (χ3v) is 10.3. The number of nitro benzene ring substituents is 1. The average Bonchev–Trinajstić information content (AvgIpc) is 3.22. The van der Waals surface area contributed by atoms with Gasteiger partial charge < -0.3 is 42.2 Å². The Morgan fingerprint density at radius 3 is 1.05 bits per heavy atom. The summed E-state index contributed by atoms with van der Waals surface area (Å²) in [6.07, 6.45) is 0. The molecule has 0 amide bonds. The molecule has 0 aliphatic carbocycles. The number of rotatable bonds is 15. The number of benzene rings is 7. The maximum absolute atomic E-state index is 11.1. The van der Waals surface area contributed by atoms with Crippen molar-refractivity contribution in [2.75, 3.05) is 44.5 Å². The number of nitrogens with zero attached hydrogens (tertiary/aromatic N) is 1. The predicted octanol–water partition coefficient (Wildman–Crippen LogP) is 13.6. The van der Waals surface area contributed by atoms with Crippen LogP contribution in [0.15, 0.2) is 133 Å². The largest absolute Gasteiger partial charge is 0.496 e. The number of non-ortho nitro benzene ring substituents is 1. The Morgan fingerprint density at radius 1 is 0.400 bits per heavy atom. The molecule has 11 heteroatoms. The Kier molecular flexibility index (Phi) is 12.1. The van der Waals surface area contributed by atoms with E-state index in [1.165, 1.54) is 12.1 Å². The van der Waals surface area contributed by atoms with E-state index in [-0.39, 0.29) is 5.69 Å². The molecule has 7 N–H and O–H groups in total. The van der Waals surface area contributed by atoms with Crippen LogP contribution in [0.1, 0.15) is 33.4 Å². The lowest BCUT2D eigenvalue weighted by molar-refractivity contribution is -0.384. The number of nitro groups is 1. The molecule has 0 radical (unpaired) electrons. The zero-order valence-corrected chi connectivity index (χ0v) is 34.9. The van der Waals surface area contributed by atoms with Gasteiger partial charge in [0.1, 0.15) is 5.75 Å². The molecule has 0 aliphatic rings. The molecule has 11 nitrogen and oxygen atoms in total. The van der Waals surface area contributed by atoms with Crippen LogP contribution >= 0.6 is 0 Å². The fourth-order valence-corrected chi connectivity index (χ4v) is 6.98. The molecule has 0 saturated heterocycles. The lowest BCUT2D eigenvalue weighted by Gasteiger charge is -2.17. The standard InChI is InChI=1S/C49H50N8O3/c1-30-23-37(51-46-19-13-39(25-32(46)3)53-48-21-15-42(27-34(48)5)56-55-41-9-8-10-43(29-41)57(58)59)11-17-44(30)50-36-12-18-45(31(2)24-36)52-38-14-20-47(33(4)26-38)54-40-16-22-49(60-7)35(6)28-40/h8-29,50-56H,1-7H3. The van der Waals surface area contributed by atoms with E-state index in [1.807, 2.05) is 44.2 Å². The summed E-state index contributed by atoms with van der Waals surface area (Å²) < 4.78 is 5.40. The van der Waals surface area contributed by atoms with Crippen molar-refractivity contribution in [3.8, 4) is 5.75 Å². The molecule has 7 rings (SSSR count). The Morgan fingerprint density at radius 2 is 0.717 bits per heavy atom. The Labute approximate surface area is 351 Å². The first-order chi connectivity index (χ1) is 28.9. The summed E-state index contributed by atoms with van der Waals surface area (Å²) in [5.74, 6) is 0.877. The minimum atomic E-state index is -0.413. The van der Waals surface area contributed by atoms with Crippen molar-refractivity contribution in [1.29, 1.82) is 0 Å². The summed E-state index contributed by atoms with van der Waals surface area (Å²) in [5, 5.41) is 29.0. The van der Waals surface area contributed by atoms with Gasteiger partial charge in [-0.15, -0.1) is 0 Å². The predicted molar refractivity (Wildman–Crippen MR) is 250 cm³/mol. The average molecular weight is 799 g/mol. The molecule has 0 saturated carbocycles. The van der Waals surface area contributed by atoms with E-state index in [2.05, 4.69) is 144 Å². The van der Waals surface area contributed by atoms with Crippen molar-refractivity contribution in [2.45, 2.75) is 41.5 Å². The highest BCUT2D eigenvalue weighted by molar-refractivity contribution is 5.76. The number of nitrogens with one attached hydrogen (secondary N) is 7. The van der Waals surface area contributed by atoms with Gasteiger partial charge in [-0.1, -0.05) is 6.07 Å². The minimum absolute atomic E-state index is 0.0290. The minimum Gasteiger partial charge on any atom is -0.496 e. The summed E-state index contributed by atoms with van der Waals surface area (Å²) in [5.41, 5.74) is 24.4. The van der Waals surface area contributed by atoms with Crippen LogP contribution in [0.4, 0.5) is 73.9 Å². The summed E-state index contributed by atoms with van der Waals surface area (Å²) in [7, 11) is 1.69. The molecule has 7 aromatic carbocycles. The van der Waals surface area contributed by atoms with Crippen molar-refractivity contribution >= 4 is 73.9 Å². The molecule has 0 unspecified atom stereocenters. The number of hydrogen-bond donors (Lipinski definition) is 7. The summed E-state index contributed by atoms with van der Waals surface area (Å²) >= 11 is 0. The fraction of sp³-hybridized carbons (Fsp3) is 0.143. The maximum atomic E-state index is 11.1. The van der Waals surface area contributed by atoms with Gasteiger partial charge in [0.05, 0.1) is 23.4 Å². The lowest BCUT2D eigenvalue weighted by atomic mass is 10.1. The molecule has 304 valence electrons. The van der Waals surface area contributed by atoms with Crippen molar-refractivity contribution in [3.05, 3.63) is 177 Å². The van der Waals surface area contributed by atoms with Gasteiger partial charge in [0.25, 0.3) is 5.69 Å².